The minimum atomic E-state index is 0.289. The van der Waals surface area contributed by atoms with Gasteiger partial charge in [0.15, 0.2) is 0 Å². The topological polar surface area (TPSA) is 75.3 Å². The number of amides is 1. The largest absolute Gasteiger partial charge is 0.368 e. The molecule has 1 aromatic rings. The van der Waals surface area contributed by atoms with Crippen molar-refractivity contribution >= 4 is 17.7 Å². The Hall–Kier alpha value is -1.85. The van der Waals surface area contributed by atoms with Crippen LogP contribution in [-0.2, 0) is 4.79 Å². The maximum atomic E-state index is 11.6. The van der Waals surface area contributed by atoms with Crippen molar-refractivity contribution in [3.63, 3.8) is 0 Å². The van der Waals surface area contributed by atoms with Crippen LogP contribution < -0.4 is 10.6 Å². The van der Waals surface area contributed by atoms with Gasteiger partial charge in [0.1, 0.15) is 5.82 Å². The van der Waals surface area contributed by atoms with Crippen molar-refractivity contribution in [2.45, 2.75) is 18.9 Å². The maximum absolute atomic E-state index is 11.6. The van der Waals surface area contributed by atoms with Crippen LogP contribution in [0.3, 0.4) is 0 Å². The molecule has 0 aromatic carbocycles. The molecule has 2 N–H and O–H groups in total. The van der Waals surface area contributed by atoms with E-state index in [-0.39, 0.29) is 5.91 Å². The van der Waals surface area contributed by atoms with E-state index >= 15 is 0 Å². The first-order valence-electron chi connectivity index (χ1n) is 5.87. The van der Waals surface area contributed by atoms with Crippen LogP contribution in [0.25, 0.3) is 0 Å². The molecule has 0 aliphatic carbocycles. The van der Waals surface area contributed by atoms with Gasteiger partial charge in [0.2, 0.25) is 11.9 Å². The van der Waals surface area contributed by atoms with E-state index in [0.717, 1.165) is 31.9 Å². The lowest BCUT2D eigenvalue weighted by Gasteiger charge is -2.38. The number of anilines is 2. The summed E-state index contributed by atoms with van der Waals surface area (Å²) >= 11 is 0. The highest BCUT2D eigenvalue weighted by atomic mass is 16.2. The van der Waals surface area contributed by atoms with Crippen LogP contribution in [0.2, 0.25) is 0 Å². The first-order valence-corrected chi connectivity index (χ1v) is 5.87. The zero-order chi connectivity index (χ0) is 11.8. The first kappa shape index (κ1) is 10.3. The van der Waals surface area contributed by atoms with E-state index < -0.39 is 0 Å². The number of carbonyl (C=O) groups is 1. The van der Waals surface area contributed by atoms with Crippen LogP contribution in [0.15, 0.2) is 12.3 Å². The van der Waals surface area contributed by atoms with Crippen LogP contribution in [0.4, 0.5) is 11.8 Å². The molecule has 2 aliphatic rings. The van der Waals surface area contributed by atoms with Crippen molar-refractivity contribution in [3.05, 3.63) is 12.3 Å². The summed E-state index contributed by atoms with van der Waals surface area (Å²) in [6.07, 6.45) is 3.31. The van der Waals surface area contributed by atoms with Crippen LogP contribution in [0.5, 0.6) is 0 Å². The Morgan fingerprint density at radius 3 is 3.12 bits per heavy atom. The molecule has 17 heavy (non-hydrogen) atoms. The molecule has 90 valence electrons. The molecule has 1 atom stereocenters. The van der Waals surface area contributed by atoms with Gasteiger partial charge in [-0.05, 0) is 12.5 Å². The third-order valence-electron chi connectivity index (χ3n) is 3.48. The molecule has 0 saturated carbocycles. The highest BCUT2D eigenvalue weighted by molar-refractivity contribution is 5.79. The minimum Gasteiger partial charge on any atom is -0.368 e. The quantitative estimate of drug-likeness (QED) is 0.731. The average Bonchev–Trinajstić information content (AvgIpc) is 2.71. The Balaban J connectivity index is 1.77. The molecule has 0 bridgehead atoms. The van der Waals surface area contributed by atoms with E-state index in [9.17, 15) is 4.79 Å². The molecule has 6 heteroatoms. The van der Waals surface area contributed by atoms with Gasteiger partial charge in [0.05, 0.1) is 0 Å². The summed E-state index contributed by atoms with van der Waals surface area (Å²) in [7, 11) is 0. The van der Waals surface area contributed by atoms with Crippen LogP contribution >= 0.6 is 0 Å². The molecule has 3 rings (SSSR count). The van der Waals surface area contributed by atoms with E-state index in [1.165, 1.54) is 0 Å². The Labute approximate surface area is 99.4 Å². The standard InChI is InChI=1S/C11H15N5O/c12-11-13-4-3-9(14-11)15-5-6-16-8(7-15)1-2-10(16)17/h3-4,8H,1-2,5-7H2,(H2,12,13,14). The number of rotatable bonds is 1. The lowest BCUT2D eigenvalue weighted by Crippen LogP contribution is -2.51. The van der Waals surface area contributed by atoms with Gasteiger partial charge in [-0.15, -0.1) is 0 Å². The Bertz CT molecular complexity index is 449. The zero-order valence-electron chi connectivity index (χ0n) is 9.54. The molecule has 2 fully saturated rings. The third kappa shape index (κ3) is 1.79. The van der Waals surface area contributed by atoms with Crippen LogP contribution in [0, 0.1) is 0 Å². The summed E-state index contributed by atoms with van der Waals surface area (Å²) in [4.78, 5) is 23.8. The van der Waals surface area contributed by atoms with Crippen molar-refractivity contribution in [3.8, 4) is 0 Å². The molecule has 1 amide bonds. The molecule has 3 heterocycles. The SMILES string of the molecule is Nc1nccc(N2CCN3C(=O)CCC3C2)n1. The van der Waals surface area contributed by atoms with Gasteiger partial charge in [-0.3, -0.25) is 4.79 Å². The predicted octanol–water partition coefficient (Wildman–Crippen LogP) is -0.130. The summed E-state index contributed by atoms with van der Waals surface area (Å²) in [5, 5.41) is 0. The number of nitrogens with two attached hydrogens (primary N) is 1. The number of aromatic nitrogens is 2. The zero-order valence-corrected chi connectivity index (χ0v) is 9.54. The number of nitrogens with zero attached hydrogens (tertiary/aromatic N) is 4. The van der Waals surface area contributed by atoms with Crippen molar-refractivity contribution in [2.75, 3.05) is 30.3 Å². The molecular formula is C11H15N5O. The highest BCUT2D eigenvalue weighted by Crippen LogP contribution is 2.25. The fraction of sp³-hybridized carbons (Fsp3) is 0.545. The van der Waals surface area contributed by atoms with Gasteiger partial charge in [0.25, 0.3) is 0 Å². The normalized spacial score (nSPS) is 24.0. The second-order valence-electron chi connectivity index (χ2n) is 4.50. The van der Waals surface area contributed by atoms with Gasteiger partial charge in [0, 0.05) is 38.3 Å². The lowest BCUT2D eigenvalue weighted by molar-refractivity contribution is -0.129. The van der Waals surface area contributed by atoms with Crippen LogP contribution in [-0.4, -0.2) is 46.5 Å². The molecule has 1 unspecified atom stereocenters. The van der Waals surface area contributed by atoms with E-state index in [1.54, 1.807) is 6.20 Å². The highest BCUT2D eigenvalue weighted by Gasteiger charge is 2.35. The second-order valence-corrected chi connectivity index (χ2v) is 4.50. The molecule has 2 aliphatic heterocycles. The molecule has 6 nitrogen and oxygen atoms in total. The van der Waals surface area contributed by atoms with Crippen molar-refractivity contribution in [1.82, 2.24) is 14.9 Å². The first-order chi connectivity index (χ1) is 8.24. The van der Waals surface area contributed by atoms with E-state index in [2.05, 4.69) is 14.9 Å². The van der Waals surface area contributed by atoms with Crippen molar-refractivity contribution < 1.29 is 4.79 Å². The number of hydrogen-bond donors (Lipinski definition) is 1. The lowest BCUT2D eigenvalue weighted by atomic mass is 10.1. The molecule has 1 aromatic heterocycles. The van der Waals surface area contributed by atoms with Gasteiger partial charge in [-0.25, -0.2) is 4.98 Å². The monoisotopic (exact) mass is 233 g/mol. The molecular weight excluding hydrogens is 218 g/mol. The smallest absolute Gasteiger partial charge is 0.223 e. The summed E-state index contributed by atoms with van der Waals surface area (Å²) in [5.41, 5.74) is 5.58. The predicted molar refractivity (Wildman–Crippen MR) is 63.4 cm³/mol. The second kappa shape index (κ2) is 3.87. The number of nitrogen functional groups attached to an aromatic ring is 1. The van der Waals surface area contributed by atoms with Crippen molar-refractivity contribution in [2.24, 2.45) is 0 Å². The summed E-state index contributed by atoms with van der Waals surface area (Å²) in [5.74, 6) is 1.45. The van der Waals surface area contributed by atoms with Gasteiger partial charge < -0.3 is 15.5 Å². The van der Waals surface area contributed by atoms with E-state index in [4.69, 9.17) is 5.73 Å². The number of fused-ring (bicyclic) bond motifs is 1. The van der Waals surface area contributed by atoms with Gasteiger partial charge in [-0.1, -0.05) is 0 Å². The van der Waals surface area contributed by atoms with E-state index in [0.29, 0.717) is 18.4 Å². The fourth-order valence-corrected chi connectivity index (χ4v) is 2.61. The molecule has 0 spiro atoms. The van der Waals surface area contributed by atoms with Crippen LogP contribution in [0.1, 0.15) is 12.8 Å². The summed E-state index contributed by atoms with van der Waals surface area (Å²) < 4.78 is 0. The molecule has 0 radical (unpaired) electrons. The minimum absolute atomic E-state index is 0.289. The maximum Gasteiger partial charge on any atom is 0.223 e. The Kier molecular flexibility index (Phi) is 2.35. The number of carbonyl (C=O) groups excluding carboxylic acids is 1. The van der Waals surface area contributed by atoms with Gasteiger partial charge >= 0.3 is 0 Å². The summed E-state index contributed by atoms with van der Waals surface area (Å²) in [6.45, 7) is 2.45. The average molecular weight is 233 g/mol. The Morgan fingerprint density at radius 1 is 1.41 bits per heavy atom. The third-order valence-corrected chi connectivity index (χ3v) is 3.48. The van der Waals surface area contributed by atoms with Crippen molar-refractivity contribution in [1.29, 1.82) is 0 Å². The number of piperazine rings is 1. The number of hydrogen-bond acceptors (Lipinski definition) is 5. The fourth-order valence-electron chi connectivity index (χ4n) is 2.61. The Morgan fingerprint density at radius 2 is 2.29 bits per heavy atom. The van der Waals surface area contributed by atoms with E-state index in [1.807, 2.05) is 11.0 Å². The van der Waals surface area contributed by atoms with Gasteiger partial charge in [-0.2, -0.15) is 4.98 Å². The summed E-state index contributed by atoms with van der Waals surface area (Å²) in [6, 6.07) is 2.20. The molecule has 2 saturated heterocycles.